The van der Waals surface area contributed by atoms with Crippen molar-refractivity contribution in [1.29, 1.82) is 0 Å². The van der Waals surface area contributed by atoms with Crippen molar-refractivity contribution in [2.24, 2.45) is 0 Å². The summed E-state index contributed by atoms with van der Waals surface area (Å²) in [6, 6.07) is 0.429. The van der Waals surface area contributed by atoms with Gasteiger partial charge in [-0.05, 0) is 30.7 Å². The third-order valence-electron chi connectivity index (χ3n) is 3.12. The maximum absolute atomic E-state index is 5.62. The van der Waals surface area contributed by atoms with Gasteiger partial charge in [0.25, 0.3) is 0 Å². The summed E-state index contributed by atoms with van der Waals surface area (Å²) >= 11 is 0. The molecule has 2 heterocycles. The summed E-state index contributed by atoms with van der Waals surface area (Å²) in [6.07, 6.45) is 1.34. The average Bonchev–Trinajstić information content (AvgIpc) is 2.72. The number of tetrazole rings is 1. The number of nitrogens with zero attached hydrogens (tertiary/aromatic N) is 5. The molecule has 96 valence electrons. The van der Waals surface area contributed by atoms with E-state index in [0.29, 0.717) is 12.1 Å². The van der Waals surface area contributed by atoms with E-state index in [1.165, 1.54) is 0 Å². The Balaban J connectivity index is 2.01. The monoisotopic (exact) mass is 239 g/mol. The lowest BCUT2D eigenvalue weighted by atomic mass is 10.2. The number of morpholine rings is 1. The van der Waals surface area contributed by atoms with E-state index in [0.717, 1.165) is 38.5 Å². The van der Waals surface area contributed by atoms with Crippen LogP contribution in [0.3, 0.4) is 0 Å². The van der Waals surface area contributed by atoms with Gasteiger partial charge in [0.05, 0.1) is 19.3 Å². The lowest BCUT2D eigenvalue weighted by molar-refractivity contribution is -0.0539. The van der Waals surface area contributed by atoms with E-state index in [9.17, 15) is 0 Å². The minimum atomic E-state index is 0.293. The van der Waals surface area contributed by atoms with Crippen LogP contribution < -0.4 is 0 Å². The third-order valence-corrected chi connectivity index (χ3v) is 3.12. The fraction of sp³-hybridized carbons (Fsp3) is 0.909. The molecule has 0 saturated carbocycles. The Morgan fingerprint density at radius 3 is 3.00 bits per heavy atom. The van der Waals surface area contributed by atoms with Gasteiger partial charge in [-0.3, -0.25) is 4.90 Å². The molecular weight excluding hydrogens is 218 g/mol. The van der Waals surface area contributed by atoms with Crippen LogP contribution in [0, 0.1) is 0 Å². The van der Waals surface area contributed by atoms with Crippen molar-refractivity contribution in [1.82, 2.24) is 25.1 Å². The molecule has 2 atom stereocenters. The summed E-state index contributed by atoms with van der Waals surface area (Å²) in [5, 5.41) is 11.9. The van der Waals surface area contributed by atoms with Gasteiger partial charge < -0.3 is 4.74 Å². The molecule has 1 saturated heterocycles. The molecule has 1 aliphatic heterocycles. The summed E-state index contributed by atoms with van der Waals surface area (Å²) in [5.74, 6) is 0.952. The number of rotatable bonds is 4. The summed E-state index contributed by atoms with van der Waals surface area (Å²) in [6.45, 7) is 9.84. The summed E-state index contributed by atoms with van der Waals surface area (Å²) in [5.41, 5.74) is 0. The van der Waals surface area contributed by atoms with Gasteiger partial charge in [-0.15, -0.1) is 5.10 Å². The SMILES string of the molecule is CCCn1nnnc1CN1CC(C)OCC1C. The summed E-state index contributed by atoms with van der Waals surface area (Å²) in [4.78, 5) is 2.38. The molecular formula is C11H21N5O. The molecule has 0 bridgehead atoms. The highest BCUT2D eigenvalue weighted by molar-refractivity contribution is 4.85. The highest BCUT2D eigenvalue weighted by Crippen LogP contribution is 2.13. The first-order valence-electron chi connectivity index (χ1n) is 6.31. The van der Waals surface area contributed by atoms with Crippen LogP contribution >= 0.6 is 0 Å². The molecule has 17 heavy (non-hydrogen) atoms. The molecule has 6 nitrogen and oxygen atoms in total. The fourth-order valence-corrected chi connectivity index (χ4v) is 2.10. The van der Waals surface area contributed by atoms with E-state index in [1.807, 2.05) is 4.68 Å². The van der Waals surface area contributed by atoms with E-state index in [4.69, 9.17) is 4.74 Å². The van der Waals surface area contributed by atoms with E-state index < -0.39 is 0 Å². The Labute approximate surface area is 102 Å². The van der Waals surface area contributed by atoms with Crippen LogP contribution in [0.4, 0.5) is 0 Å². The molecule has 0 spiro atoms. The molecule has 0 aliphatic carbocycles. The Morgan fingerprint density at radius 2 is 2.24 bits per heavy atom. The van der Waals surface area contributed by atoms with E-state index in [1.54, 1.807) is 0 Å². The van der Waals surface area contributed by atoms with E-state index >= 15 is 0 Å². The highest BCUT2D eigenvalue weighted by atomic mass is 16.5. The zero-order chi connectivity index (χ0) is 12.3. The van der Waals surface area contributed by atoms with Crippen LogP contribution in [-0.2, 0) is 17.8 Å². The Morgan fingerprint density at radius 1 is 1.41 bits per heavy atom. The lowest BCUT2D eigenvalue weighted by Crippen LogP contribution is -2.47. The van der Waals surface area contributed by atoms with Gasteiger partial charge >= 0.3 is 0 Å². The standard InChI is InChI=1S/C11H21N5O/c1-4-5-16-11(12-13-14-16)7-15-6-10(3)17-8-9(15)2/h9-10H,4-8H2,1-3H3. The first kappa shape index (κ1) is 12.4. The smallest absolute Gasteiger partial charge is 0.165 e. The second-order valence-electron chi connectivity index (χ2n) is 4.74. The van der Waals surface area contributed by atoms with E-state index in [-0.39, 0.29) is 0 Å². The molecule has 2 rings (SSSR count). The van der Waals surface area contributed by atoms with E-state index in [2.05, 4.69) is 41.2 Å². The van der Waals surface area contributed by atoms with Crippen molar-refractivity contribution in [3.8, 4) is 0 Å². The fourth-order valence-electron chi connectivity index (χ4n) is 2.10. The molecule has 6 heteroatoms. The third kappa shape index (κ3) is 3.01. The predicted molar refractivity (Wildman–Crippen MR) is 63.4 cm³/mol. The minimum absolute atomic E-state index is 0.293. The summed E-state index contributed by atoms with van der Waals surface area (Å²) in [7, 11) is 0. The average molecular weight is 239 g/mol. The van der Waals surface area contributed by atoms with Gasteiger partial charge in [0.1, 0.15) is 0 Å². The first-order chi connectivity index (χ1) is 8.20. The Hall–Kier alpha value is -1.01. The van der Waals surface area contributed by atoms with Crippen molar-refractivity contribution in [3.63, 3.8) is 0 Å². The Bertz CT molecular complexity index is 353. The number of aryl methyl sites for hydroxylation is 1. The normalized spacial score (nSPS) is 26.3. The summed E-state index contributed by atoms with van der Waals surface area (Å²) < 4.78 is 7.51. The number of ether oxygens (including phenoxy) is 1. The zero-order valence-corrected chi connectivity index (χ0v) is 10.8. The number of hydrogen-bond acceptors (Lipinski definition) is 5. The zero-order valence-electron chi connectivity index (χ0n) is 10.8. The maximum atomic E-state index is 5.62. The van der Waals surface area contributed by atoms with Crippen molar-refractivity contribution < 1.29 is 4.74 Å². The van der Waals surface area contributed by atoms with Gasteiger partial charge in [0.15, 0.2) is 5.82 Å². The van der Waals surface area contributed by atoms with Crippen molar-refractivity contribution in [2.45, 2.75) is 52.4 Å². The molecule has 1 fully saturated rings. The first-order valence-corrected chi connectivity index (χ1v) is 6.31. The largest absolute Gasteiger partial charge is 0.376 e. The van der Waals surface area contributed by atoms with Crippen molar-refractivity contribution in [2.75, 3.05) is 13.2 Å². The number of aromatic nitrogens is 4. The molecule has 0 aromatic carbocycles. The van der Waals surface area contributed by atoms with Crippen molar-refractivity contribution in [3.05, 3.63) is 5.82 Å². The molecule has 0 N–H and O–H groups in total. The minimum Gasteiger partial charge on any atom is -0.376 e. The van der Waals surface area contributed by atoms with Crippen molar-refractivity contribution >= 4 is 0 Å². The molecule has 1 aromatic rings. The van der Waals surface area contributed by atoms with Crippen LogP contribution in [-0.4, -0.2) is 50.4 Å². The molecule has 2 unspecified atom stereocenters. The molecule has 0 amide bonds. The quantitative estimate of drug-likeness (QED) is 0.774. The van der Waals surface area contributed by atoms with Gasteiger partial charge in [-0.2, -0.15) is 0 Å². The second kappa shape index (κ2) is 5.55. The molecule has 1 aromatic heterocycles. The van der Waals surface area contributed by atoms with Gasteiger partial charge in [0.2, 0.25) is 0 Å². The highest BCUT2D eigenvalue weighted by Gasteiger charge is 2.24. The van der Waals surface area contributed by atoms with Crippen LogP contribution in [0.2, 0.25) is 0 Å². The maximum Gasteiger partial charge on any atom is 0.165 e. The topological polar surface area (TPSA) is 56.1 Å². The van der Waals surface area contributed by atoms with Gasteiger partial charge in [0, 0.05) is 19.1 Å². The lowest BCUT2D eigenvalue weighted by Gasteiger charge is -2.36. The number of hydrogen-bond donors (Lipinski definition) is 0. The predicted octanol–water partition coefficient (Wildman–Crippen LogP) is 0.692. The van der Waals surface area contributed by atoms with Gasteiger partial charge in [-0.25, -0.2) is 4.68 Å². The van der Waals surface area contributed by atoms with Gasteiger partial charge in [-0.1, -0.05) is 6.92 Å². The Kier molecular flexibility index (Phi) is 4.06. The van der Waals surface area contributed by atoms with Crippen LogP contribution in [0.5, 0.6) is 0 Å². The molecule has 1 aliphatic rings. The van der Waals surface area contributed by atoms with Crippen LogP contribution in [0.25, 0.3) is 0 Å². The van der Waals surface area contributed by atoms with Crippen LogP contribution in [0.15, 0.2) is 0 Å². The van der Waals surface area contributed by atoms with Crippen LogP contribution in [0.1, 0.15) is 33.0 Å². The second-order valence-corrected chi connectivity index (χ2v) is 4.74. The molecule has 0 radical (unpaired) electrons.